The van der Waals surface area contributed by atoms with E-state index in [2.05, 4.69) is 0 Å². The van der Waals surface area contributed by atoms with Crippen LogP contribution in [0, 0.1) is 5.82 Å². The van der Waals surface area contributed by atoms with E-state index in [1.807, 2.05) is 0 Å². The largest absolute Gasteiger partial charge is 0.407 e. The van der Waals surface area contributed by atoms with Crippen LogP contribution in [0.3, 0.4) is 0 Å². The van der Waals surface area contributed by atoms with Gasteiger partial charge in [-0.1, -0.05) is 6.07 Å². The highest BCUT2D eigenvalue weighted by molar-refractivity contribution is 5.41. The number of nitrogen functional groups attached to an aromatic ring is 1. The minimum Gasteiger partial charge on any atom is -0.399 e. The van der Waals surface area contributed by atoms with Gasteiger partial charge in [0, 0.05) is 11.3 Å². The van der Waals surface area contributed by atoms with Gasteiger partial charge in [-0.25, -0.2) is 4.39 Å². The smallest absolute Gasteiger partial charge is 0.399 e. The van der Waals surface area contributed by atoms with Gasteiger partial charge < -0.3 is 11.5 Å². The minimum atomic E-state index is -4.66. The molecule has 0 fully saturated rings. The Labute approximate surface area is 77.5 Å². The first-order valence-corrected chi connectivity index (χ1v) is 3.69. The van der Waals surface area contributed by atoms with Crippen LogP contribution < -0.4 is 11.5 Å². The molecule has 0 aliphatic heterocycles. The summed E-state index contributed by atoms with van der Waals surface area (Å²) < 4.78 is 49.2. The van der Waals surface area contributed by atoms with E-state index in [1.54, 1.807) is 0 Å². The van der Waals surface area contributed by atoms with Crippen LogP contribution in [0.4, 0.5) is 23.2 Å². The SMILES string of the molecule is Nc1ccc([C@H](N)C(F)(F)F)c(F)c1. The zero-order valence-electron chi connectivity index (χ0n) is 6.98. The molecule has 0 aliphatic carbocycles. The topological polar surface area (TPSA) is 52.0 Å². The highest BCUT2D eigenvalue weighted by Gasteiger charge is 2.39. The van der Waals surface area contributed by atoms with Gasteiger partial charge in [-0.15, -0.1) is 0 Å². The van der Waals surface area contributed by atoms with Crippen molar-refractivity contribution in [2.45, 2.75) is 12.2 Å². The molecule has 0 aliphatic rings. The van der Waals surface area contributed by atoms with Crippen LogP contribution in [0.1, 0.15) is 11.6 Å². The zero-order chi connectivity index (χ0) is 10.9. The van der Waals surface area contributed by atoms with Gasteiger partial charge in [-0.3, -0.25) is 0 Å². The number of halogens is 4. The molecule has 0 heterocycles. The second kappa shape index (κ2) is 3.45. The molecule has 0 spiro atoms. The highest BCUT2D eigenvalue weighted by Crippen LogP contribution is 2.32. The molecule has 0 saturated heterocycles. The predicted molar refractivity (Wildman–Crippen MR) is 43.8 cm³/mol. The van der Waals surface area contributed by atoms with Gasteiger partial charge in [-0.05, 0) is 12.1 Å². The van der Waals surface area contributed by atoms with Crippen molar-refractivity contribution in [1.82, 2.24) is 0 Å². The molecule has 1 atom stereocenters. The Bertz CT molecular complexity index is 335. The average Bonchev–Trinajstić information content (AvgIpc) is 2.01. The van der Waals surface area contributed by atoms with Crippen LogP contribution in [0.25, 0.3) is 0 Å². The zero-order valence-corrected chi connectivity index (χ0v) is 6.98. The van der Waals surface area contributed by atoms with Crippen LogP contribution in [0.2, 0.25) is 0 Å². The van der Waals surface area contributed by atoms with Crippen molar-refractivity contribution in [1.29, 1.82) is 0 Å². The van der Waals surface area contributed by atoms with E-state index in [4.69, 9.17) is 11.5 Å². The number of alkyl halides is 3. The lowest BCUT2D eigenvalue weighted by molar-refractivity contribution is -0.149. The summed E-state index contributed by atoms with van der Waals surface area (Å²) in [4.78, 5) is 0. The monoisotopic (exact) mass is 208 g/mol. The number of anilines is 1. The molecule has 78 valence electrons. The summed E-state index contributed by atoms with van der Waals surface area (Å²) in [6.07, 6.45) is -4.66. The summed E-state index contributed by atoms with van der Waals surface area (Å²) in [6.45, 7) is 0. The number of hydrogen-bond acceptors (Lipinski definition) is 2. The minimum absolute atomic E-state index is 0.0561. The molecule has 0 unspecified atom stereocenters. The maximum Gasteiger partial charge on any atom is 0.407 e. The number of benzene rings is 1. The summed E-state index contributed by atoms with van der Waals surface area (Å²) in [5.41, 5.74) is 9.44. The molecule has 0 amide bonds. The molecule has 0 bridgehead atoms. The summed E-state index contributed by atoms with van der Waals surface area (Å²) in [5.74, 6) is -1.05. The predicted octanol–water partition coefficient (Wildman–Crippen LogP) is 1.97. The van der Waals surface area contributed by atoms with Crippen molar-refractivity contribution in [3.63, 3.8) is 0 Å². The number of rotatable bonds is 1. The molecule has 1 rings (SSSR count). The Hall–Kier alpha value is -1.30. The van der Waals surface area contributed by atoms with Crippen molar-refractivity contribution in [3.05, 3.63) is 29.6 Å². The summed E-state index contributed by atoms with van der Waals surface area (Å²) >= 11 is 0. The van der Waals surface area contributed by atoms with Crippen LogP contribution in [-0.2, 0) is 0 Å². The van der Waals surface area contributed by atoms with E-state index in [1.165, 1.54) is 6.07 Å². The number of hydrogen-bond donors (Lipinski definition) is 2. The molecule has 0 radical (unpaired) electrons. The second-order valence-electron chi connectivity index (χ2n) is 2.80. The normalized spacial score (nSPS) is 14.1. The van der Waals surface area contributed by atoms with Crippen LogP contribution in [0.5, 0.6) is 0 Å². The van der Waals surface area contributed by atoms with E-state index in [-0.39, 0.29) is 5.69 Å². The molecule has 14 heavy (non-hydrogen) atoms. The van der Waals surface area contributed by atoms with Gasteiger partial charge >= 0.3 is 6.18 Å². The molecule has 0 aromatic heterocycles. The third-order valence-electron chi connectivity index (χ3n) is 1.71. The summed E-state index contributed by atoms with van der Waals surface area (Å²) in [7, 11) is 0. The Kier molecular flexibility index (Phi) is 2.66. The van der Waals surface area contributed by atoms with Gasteiger partial charge in [0.15, 0.2) is 0 Å². The fraction of sp³-hybridized carbons (Fsp3) is 0.250. The summed E-state index contributed by atoms with van der Waals surface area (Å²) in [5, 5.41) is 0. The maximum absolute atomic E-state index is 13.0. The molecule has 6 heteroatoms. The first kappa shape index (κ1) is 10.8. The maximum atomic E-state index is 13.0. The standard InChI is InChI=1S/C8H8F4N2/c9-6-3-4(13)1-2-5(6)7(14)8(10,11)12/h1-3,7H,13-14H2/t7-/m0/s1. The Balaban J connectivity index is 3.08. The highest BCUT2D eigenvalue weighted by atomic mass is 19.4. The Morgan fingerprint density at radius 3 is 2.21 bits per heavy atom. The quantitative estimate of drug-likeness (QED) is 0.547. The lowest BCUT2D eigenvalue weighted by atomic mass is 10.1. The van der Waals surface area contributed by atoms with Gasteiger partial charge in [-0.2, -0.15) is 13.2 Å². The molecular formula is C8H8F4N2. The second-order valence-corrected chi connectivity index (χ2v) is 2.80. The number of nitrogens with two attached hydrogens (primary N) is 2. The van der Waals surface area contributed by atoms with Gasteiger partial charge in [0.1, 0.15) is 11.9 Å². The van der Waals surface area contributed by atoms with Crippen molar-refractivity contribution >= 4 is 5.69 Å². The first-order valence-electron chi connectivity index (χ1n) is 3.69. The third-order valence-corrected chi connectivity index (χ3v) is 1.71. The molecule has 1 aromatic rings. The van der Waals surface area contributed by atoms with E-state index < -0.39 is 23.6 Å². The fourth-order valence-electron chi connectivity index (χ4n) is 0.972. The Morgan fingerprint density at radius 2 is 1.79 bits per heavy atom. The summed E-state index contributed by atoms with van der Waals surface area (Å²) in [6, 6.07) is 0.594. The molecule has 1 aromatic carbocycles. The molecule has 2 nitrogen and oxygen atoms in total. The van der Waals surface area contributed by atoms with Crippen LogP contribution in [-0.4, -0.2) is 6.18 Å². The van der Waals surface area contributed by atoms with Crippen LogP contribution >= 0.6 is 0 Å². The fourth-order valence-corrected chi connectivity index (χ4v) is 0.972. The first-order chi connectivity index (χ1) is 6.32. The van der Waals surface area contributed by atoms with Gasteiger partial charge in [0.05, 0.1) is 0 Å². The van der Waals surface area contributed by atoms with E-state index in [9.17, 15) is 17.6 Å². The van der Waals surface area contributed by atoms with Gasteiger partial charge in [0.2, 0.25) is 0 Å². The van der Waals surface area contributed by atoms with Gasteiger partial charge in [0.25, 0.3) is 0 Å². The van der Waals surface area contributed by atoms with E-state index in [0.717, 1.165) is 12.1 Å². The van der Waals surface area contributed by atoms with E-state index in [0.29, 0.717) is 0 Å². The Morgan fingerprint density at radius 1 is 1.21 bits per heavy atom. The average molecular weight is 208 g/mol. The lowest BCUT2D eigenvalue weighted by Gasteiger charge is -2.16. The molecule has 0 saturated carbocycles. The van der Waals surface area contributed by atoms with Crippen molar-refractivity contribution in [2.75, 3.05) is 5.73 Å². The lowest BCUT2D eigenvalue weighted by Crippen LogP contribution is -2.29. The third kappa shape index (κ3) is 2.14. The van der Waals surface area contributed by atoms with Crippen molar-refractivity contribution < 1.29 is 17.6 Å². The molecular weight excluding hydrogens is 200 g/mol. The van der Waals surface area contributed by atoms with Crippen LogP contribution in [0.15, 0.2) is 18.2 Å². The molecule has 4 N–H and O–H groups in total. The van der Waals surface area contributed by atoms with E-state index >= 15 is 0 Å². The van der Waals surface area contributed by atoms with Crippen molar-refractivity contribution in [3.8, 4) is 0 Å². The van der Waals surface area contributed by atoms with Crippen molar-refractivity contribution in [2.24, 2.45) is 5.73 Å².